The van der Waals surface area contributed by atoms with Crippen LogP contribution in [0.5, 0.6) is 0 Å². The fourth-order valence-corrected chi connectivity index (χ4v) is 3.24. The number of hydrogen-bond acceptors (Lipinski definition) is 6. The molecule has 0 aromatic heterocycles. The molecule has 1 aliphatic rings. The second kappa shape index (κ2) is 9.33. The molecule has 0 saturated carbocycles. The number of ether oxygens (including phenoxy) is 1. The Hall–Kier alpha value is -3.20. The van der Waals surface area contributed by atoms with E-state index in [-0.39, 0.29) is 17.9 Å². The zero-order valence-corrected chi connectivity index (χ0v) is 16.2. The van der Waals surface area contributed by atoms with Crippen molar-refractivity contribution in [3.05, 3.63) is 65.9 Å². The molecule has 0 aliphatic carbocycles. The number of hydrogen-bond donors (Lipinski definition) is 2. The van der Waals surface area contributed by atoms with Crippen molar-refractivity contribution < 1.29 is 23.1 Å². The summed E-state index contributed by atoms with van der Waals surface area (Å²) in [6.45, 7) is 0. The van der Waals surface area contributed by atoms with E-state index in [1.54, 1.807) is 12.1 Å². The van der Waals surface area contributed by atoms with Crippen molar-refractivity contribution in [3.63, 3.8) is 0 Å². The molecule has 0 unspecified atom stereocenters. The Kier molecular flexibility index (Phi) is 6.61. The van der Waals surface area contributed by atoms with Gasteiger partial charge < -0.3 is 15.4 Å². The number of nitrogens with zero attached hydrogens (tertiary/aromatic N) is 1. The molecule has 0 atom stereocenters. The van der Waals surface area contributed by atoms with E-state index in [1.165, 1.54) is 7.11 Å². The summed E-state index contributed by atoms with van der Waals surface area (Å²) in [5, 5.41) is 5.96. The average molecular weight is 417 g/mol. The fourth-order valence-electron chi connectivity index (χ4n) is 2.50. The maximum absolute atomic E-state index is 13.7. The predicted octanol–water partition coefficient (Wildman–Crippen LogP) is 4.24. The minimum atomic E-state index is -0.727. The van der Waals surface area contributed by atoms with Crippen LogP contribution in [0.25, 0.3) is 0 Å². The van der Waals surface area contributed by atoms with Crippen LogP contribution in [-0.4, -0.2) is 29.8 Å². The van der Waals surface area contributed by atoms with Crippen LogP contribution in [-0.2, 0) is 14.3 Å². The zero-order chi connectivity index (χ0) is 20.8. The molecule has 1 heterocycles. The van der Waals surface area contributed by atoms with E-state index < -0.39 is 23.5 Å². The van der Waals surface area contributed by atoms with Crippen molar-refractivity contribution in [1.29, 1.82) is 0 Å². The van der Waals surface area contributed by atoms with Gasteiger partial charge in [-0.25, -0.2) is 13.8 Å². The molecule has 150 valence electrons. The van der Waals surface area contributed by atoms with Gasteiger partial charge in [0, 0.05) is 11.8 Å². The van der Waals surface area contributed by atoms with Gasteiger partial charge in [-0.3, -0.25) is 9.59 Å². The largest absolute Gasteiger partial charge is 0.469 e. The number of benzene rings is 2. The lowest BCUT2D eigenvalue weighted by molar-refractivity contribution is -0.139. The number of carbonyl (C=O) groups is 2. The number of para-hydroxylation sites is 2. The van der Waals surface area contributed by atoms with Crippen molar-refractivity contribution in [2.45, 2.75) is 6.42 Å². The van der Waals surface area contributed by atoms with E-state index in [9.17, 15) is 18.4 Å². The second-order valence-electron chi connectivity index (χ2n) is 5.98. The summed E-state index contributed by atoms with van der Waals surface area (Å²) in [6, 6.07) is 10.1. The van der Waals surface area contributed by atoms with Gasteiger partial charge in [-0.05, 0) is 30.3 Å². The van der Waals surface area contributed by atoms with Gasteiger partial charge in [-0.1, -0.05) is 23.9 Å². The number of nitrogens with one attached hydrogen (secondary N) is 2. The summed E-state index contributed by atoms with van der Waals surface area (Å²) >= 11 is 1.10. The van der Waals surface area contributed by atoms with E-state index in [4.69, 9.17) is 4.74 Å². The van der Waals surface area contributed by atoms with Gasteiger partial charge in [-0.15, -0.1) is 0 Å². The Morgan fingerprint density at radius 3 is 2.79 bits per heavy atom. The number of rotatable bonds is 5. The molecule has 3 rings (SSSR count). The lowest BCUT2D eigenvalue weighted by atomic mass is 10.2. The molecule has 1 aliphatic heterocycles. The van der Waals surface area contributed by atoms with E-state index >= 15 is 0 Å². The Morgan fingerprint density at radius 1 is 1.21 bits per heavy atom. The van der Waals surface area contributed by atoms with Gasteiger partial charge in [0.1, 0.15) is 11.6 Å². The normalized spacial score (nSPS) is 12.7. The summed E-state index contributed by atoms with van der Waals surface area (Å²) in [6.07, 6.45) is 1.66. The Labute approximate surface area is 170 Å². The Balaban J connectivity index is 1.74. The summed E-state index contributed by atoms with van der Waals surface area (Å²) in [7, 11) is 1.30. The van der Waals surface area contributed by atoms with Gasteiger partial charge in [0.05, 0.1) is 41.4 Å². The Bertz CT molecular complexity index is 1010. The van der Waals surface area contributed by atoms with Crippen LogP contribution in [0.1, 0.15) is 6.42 Å². The van der Waals surface area contributed by atoms with Crippen LogP contribution in [0.2, 0.25) is 0 Å². The number of aliphatic imine (C=N–C) groups is 1. The van der Waals surface area contributed by atoms with Crippen molar-refractivity contribution in [1.82, 2.24) is 0 Å². The summed E-state index contributed by atoms with van der Waals surface area (Å²) in [4.78, 5) is 28.3. The zero-order valence-electron chi connectivity index (χ0n) is 15.4. The third-order valence-electron chi connectivity index (χ3n) is 3.84. The van der Waals surface area contributed by atoms with Crippen LogP contribution in [0.3, 0.4) is 0 Å². The molecular weight excluding hydrogens is 400 g/mol. The van der Waals surface area contributed by atoms with E-state index in [0.29, 0.717) is 22.1 Å². The maximum Gasteiger partial charge on any atom is 0.311 e. The third kappa shape index (κ3) is 5.64. The SMILES string of the molecule is COC(=O)CC1=CC(SCC(=O)Nc2cc(F)ccc2F)=Nc2ccccc2N1. The number of halogens is 2. The number of carbonyl (C=O) groups excluding carboxylic acids is 2. The van der Waals surface area contributed by atoms with E-state index in [2.05, 4.69) is 15.6 Å². The average Bonchev–Trinajstić information content (AvgIpc) is 2.87. The monoisotopic (exact) mass is 417 g/mol. The molecule has 9 heteroatoms. The molecule has 0 fully saturated rings. The molecule has 1 amide bonds. The van der Waals surface area contributed by atoms with Crippen LogP contribution in [0, 0.1) is 11.6 Å². The quantitative estimate of drug-likeness (QED) is 0.712. The highest BCUT2D eigenvalue weighted by Crippen LogP contribution is 2.31. The number of anilines is 2. The summed E-state index contributed by atoms with van der Waals surface area (Å²) < 4.78 is 31.6. The highest BCUT2D eigenvalue weighted by atomic mass is 32.2. The van der Waals surface area contributed by atoms with Gasteiger partial charge >= 0.3 is 5.97 Å². The van der Waals surface area contributed by atoms with Crippen LogP contribution in [0.4, 0.5) is 25.8 Å². The number of thioether (sulfide) groups is 1. The maximum atomic E-state index is 13.7. The van der Waals surface area contributed by atoms with Gasteiger partial charge in [0.2, 0.25) is 5.91 Å². The molecule has 6 nitrogen and oxygen atoms in total. The Morgan fingerprint density at radius 2 is 2.00 bits per heavy atom. The molecule has 0 radical (unpaired) electrons. The summed E-state index contributed by atoms with van der Waals surface area (Å²) in [5.41, 5.74) is 1.68. The minimum absolute atomic E-state index is 0.00507. The standard InChI is InChI=1S/C20H17F2N3O3S/c1-28-20(27)10-13-9-19(25-16-5-3-2-4-15(16)23-13)29-11-18(26)24-17-8-12(21)6-7-14(17)22/h2-9,23H,10-11H2,1H3,(H,24,26). The predicted molar refractivity (Wildman–Crippen MR) is 109 cm³/mol. The minimum Gasteiger partial charge on any atom is -0.469 e. The molecule has 2 N–H and O–H groups in total. The van der Waals surface area contributed by atoms with Crippen LogP contribution < -0.4 is 10.6 Å². The van der Waals surface area contributed by atoms with Crippen LogP contribution >= 0.6 is 11.8 Å². The smallest absolute Gasteiger partial charge is 0.311 e. The molecule has 0 spiro atoms. The molecule has 29 heavy (non-hydrogen) atoms. The fraction of sp³-hybridized carbons (Fsp3) is 0.150. The molecule has 2 aromatic carbocycles. The number of esters is 1. The molecular formula is C20H17F2N3O3S. The third-order valence-corrected chi connectivity index (χ3v) is 4.76. The molecule has 2 aromatic rings. The lowest BCUT2D eigenvalue weighted by Crippen LogP contribution is -2.16. The van der Waals surface area contributed by atoms with Gasteiger partial charge in [-0.2, -0.15) is 0 Å². The van der Waals surface area contributed by atoms with Crippen molar-refractivity contribution >= 4 is 45.7 Å². The van der Waals surface area contributed by atoms with E-state index in [1.807, 2.05) is 18.2 Å². The van der Waals surface area contributed by atoms with E-state index in [0.717, 1.165) is 30.0 Å². The van der Waals surface area contributed by atoms with Crippen molar-refractivity contribution in [2.24, 2.45) is 4.99 Å². The van der Waals surface area contributed by atoms with Gasteiger partial charge in [0.15, 0.2) is 0 Å². The first-order chi connectivity index (χ1) is 13.9. The first-order valence-corrected chi connectivity index (χ1v) is 9.53. The second-order valence-corrected chi connectivity index (χ2v) is 6.97. The molecule has 0 saturated heterocycles. The van der Waals surface area contributed by atoms with Crippen LogP contribution in [0.15, 0.2) is 59.2 Å². The number of amides is 1. The lowest BCUT2D eigenvalue weighted by Gasteiger charge is -2.09. The number of methoxy groups -OCH3 is 1. The molecule has 0 bridgehead atoms. The summed E-state index contributed by atoms with van der Waals surface area (Å²) in [5.74, 6) is -2.41. The highest BCUT2D eigenvalue weighted by Gasteiger charge is 2.16. The first-order valence-electron chi connectivity index (χ1n) is 8.54. The van der Waals surface area contributed by atoms with Crippen molar-refractivity contribution in [2.75, 3.05) is 23.5 Å². The van der Waals surface area contributed by atoms with Crippen molar-refractivity contribution in [3.8, 4) is 0 Å². The van der Waals surface area contributed by atoms with Gasteiger partial charge in [0.25, 0.3) is 0 Å². The highest BCUT2D eigenvalue weighted by molar-refractivity contribution is 8.14. The first kappa shape index (κ1) is 20.5. The topological polar surface area (TPSA) is 79.8 Å². The number of fused-ring (bicyclic) bond motifs is 1.